The number of halogens is 8. The molecule has 3 aromatic rings. The van der Waals surface area contributed by atoms with Crippen molar-refractivity contribution in [2.24, 2.45) is 11.8 Å². The Morgan fingerprint density at radius 2 is 1.76 bits per heavy atom. The number of ether oxygens (including phenoxy) is 1. The lowest BCUT2D eigenvalue weighted by molar-refractivity contribution is -0.184. The lowest BCUT2D eigenvalue weighted by Crippen LogP contribution is -2.27. The number of aromatic amines is 1. The maximum Gasteiger partial charge on any atom is 0.418 e. The van der Waals surface area contributed by atoms with E-state index in [1.165, 1.54) is 25.1 Å². The first kappa shape index (κ1) is 33.9. The number of rotatable bonds is 12. The van der Waals surface area contributed by atoms with Gasteiger partial charge in [-0.3, -0.25) is 9.59 Å². The smallest absolute Gasteiger partial charge is 0.418 e. The standard InChI is InChI=1S/C29H31F8N5O3/c1-15(43)38-13-17-7-10-20(29(35,36)37)21(11-17)39-27-40-22-12-19(26(41-25(22)42-27)45-14-24(30)31)23(44)4-2-3-16-5-8-18(9-6-16)28(32,33)34/h7,10-12,16,18,24H,2-6,8-9,13-14H2,1H3,(H,38,43)(H2,39,40,41,42). The van der Waals surface area contributed by atoms with Crippen LogP contribution in [0.3, 0.4) is 0 Å². The fraction of sp³-hybridized carbons (Fsp3) is 0.517. The quantitative estimate of drug-likeness (QED) is 0.137. The van der Waals surface area contributed by atoms with Crippen molar-refractivity contribution in [3.63, 3.8) is 0 Å². The van der Waals surface area contributed by atoms with Crippen molar-refractivity contribution in [1.29, 1.82) is 0 Å². The van der Waals surface area contributed by atoms with Crippen LogP contribution in [0, 0.1) is 11.8 Å². The molecule has 0 bridgehead atoms. The second kappa shape index (κ2) is 14.0. The van der Waals surface area contributed by atoms with E-state index in [0.29, 0.717) is 31.2 Å². The van der Waals surface area contributed by atoms with Crippen LogP contribution in [0.5, 0.6) is 5.88 Å². The fourth-order valence-electron chi connectivity index (χ4n) is 5.31. The predicted octanol–water partition coefficient (Wildman–Crippen LogP) is 7.72. The van der Waals surface area contributed by atoms with Crippen molar-refractivity contribution in [2.45, 2.75) is 77.2 Å². The van der Waals surface area contributed by atoms with E-state index in [1.54, 1.807) is 0 Å². The highest BCUT2D eigenvalue weighted by Gasteiger charge is 2.41. The number of carbonyl (C=O) groups excluding carboxylic acids is 2. The van der Waals surface area contributed by atoms with Gasteiger partial charge in [0.15, 0.2) is 18.0 Å². The normalized spacial score (nSPS) is 17.5. The minimum Gasteiger partial charge on any atom is -0.471 e. The van der Waals surface area contributed by atoms with Gasteiger partial charge < -0.3 is 20.4 Å². The van der Waals surface area contributed by atoms with Crippen LogP contribution in [0.2, 0.25) is 0 Å². The van der Waals surface area contributed by atoms with Gasteiger partial charge >= 0.3 is 12.4 Å². The largest absolute Gasteiger partial charge is 0.471 e. The van der Waals surface area contributed by atoms with E-state index in [4.69, 9.17) is 4.74 Å². The highest BCUT2D eigenvalue weighted by atomic mass is 19.4. The second-order valence-electron chi connectivity index (χ2n) is 11.0. The van der Waals surface area contributed by atoms with Crippen molar-refractivity contribution in [3.8, 4) is 5.88 Å². The molecule has 0 aliphatic heterocycles. The number of ketones is 1. The molecular weight excluding hydrogens is 618 g/mol. The monoisotopic (exact) mass is 649 g/mol. The Morgan fingerprint density at radius 3 is 2.38 bits per heavy atom. The van der Waals surface area contributed by atoms with Crippen molar-refractivity contribution in [1.82, 2.24) is 20.3 Å². The number of alkyl halides is 8. The highest BCUT2D eigenvalue weighted by Crippen LogP contribution is 2.41. The van der Waals surface area contributed by atoms with Crippen LogP contribution in [-0.2, 0) is 17.5 Å². The summed E-state index contributed by atoms with van der Waals surface area (Å²) in [7, 11) is 0. The third kappa shape index (κ3) is 9.26. The molecule has 1 fully saturated rings. The summed E-state index contributed by atoms with van der Waals surface area (Å²) < 4.78 is 111. The molecule has 0 atom stereocenters. The van der Waals surface area contributed by atoms with E-state index in [0.717, 1.165) is 6.07 Å². The number of nitrogens with zero attached hydrogens (tertiary/aromatic N) is 2. The molecular formula is C29H31F8N5O3. The molecule has 0 saturated heterocycles. The van der Waals surface area contributed by atoms with Crippen LogP contribution in [0.4, 0.5) is 46.8 Å². The topological polar surface area (TPSA) is 109 Å². The molecule has 4 rings (SSSR count). The van der Waals surface area contributed by atoms with Crippen molar-refractivity contribution >= 4 is 34.5 Å². The number of hydrogen-bond acceptors (Lipinski definition) is 6. The van der Waals surface area contributed by atoms with Gasteiger partial charge in [-0.1, -0.05) is 12.5 Å². The maximum atomic E-state index is 13.7. The third-order valence-corrected chi connectivity index (χ3v) is 7.59. The summed E-state index contributed by atoms with van der Waals surface area (Å²) in [6.07, 6.45) is -10.2. The summed E-state index contributed by atoms with van der Waals surface area (Å²) in [4.78, 5) is 35.2. The number of anilines is 2. The summed E-state index contributed by atoms with van der Waals surface area (Å²) >= 11 is 0. The Bertz CT molecular complexity index is 1500. The minimum absolute atomic E-state index is 0.0328. The van der Waals surface area contributed by atoms with Gasteiger partial charge in [-0.2, -0.15) is 36.3 Å². The minimum atomic E-state index is -4.74. The van der Waals surface area contributed by atoms with Crippen molar-refractivity contribution in [2.75, 3.05) is 11.9 Å². The van der Waals surface area contributed by atoms with Crippen LogP contribution in [0.25, 0.3) is 11.2 Å². The zero-order valence-electron chi connectivity index (χ0n) is 24.0. The number of fused-ring (bicyclic) bond motifs is 1. The Balaban J connectivity index is 1.52. The van der Waals surface area contributed by atoms with Crippen LogP contribution in [0.15, 0.2) is 24.3 Å². The number of hydrogen-bond donors (Lipinski definition) is 3. The van der Waals surface area contributed by atoms with Crippen molar-refractivity contribution < 1.29 is 49.4 Å². The third-order valence-electron chi connectivity index (χ3n) is 7.59. The highest BCUT2D eigenvalue weighted by molar-refractivity contribution is 6.00. The number of carbonyl (C=O) groups is 2. The van der Waals surface area contributed by atoms with Crippen molar-refractivity contribution in [3.05, 3.63) is 41.0 Å². The average molecular weight is 650 g/mol. The average Bonchev–Trinajstić information content (AvgIpc) is 3.34. The van der Waals surface area contributed by atoms with Gasteiger partial charge in [0.2, 0.25) is 17.7 Å². The molecule has 246 valence electrons. The van der Waals surface area contributed by atoms with Crippen LogP contribution < -0.4 is 15.4 Å². The molecule has 0 radical (unpaired) electrons. The fourth-order valence-corrected chi connectivity index (χ4v) is 5.31. The molecule has 0 unspecified atom stereocenters. The van der Waals surface area contributed by atoms with Gasteiger partial charge in [0.05, 0.1) is 28.2 Å². The number of amides is 1. The number of H-pyrrole nitrogens is 1. The summed E-state index contributed by atoms with van der Waals surface area (Å²) in [6.45, 7) is 0.150. The van der Waals surface area contributed by atoms with Gasteiger partial charge in [-0.05, 0) is 61.8 Å². The molecule has 3 N–H and O–H groups in total. The molecule has 1 saturated carbocycles. The predicted molar refractivity (Wildman–Crippen MR) is 147 cm³/mol. The first-order chi connectivity index (χ1) is 21.1. The number of pyridine rings is 1. The summed E-state index contributed by atoms with van der Waals surface area (Å²) in [5.41, 5.74) is -1.21. The van der Waals surface area contributed by atoms with E-state index in [2.05, 4.69) is 25.6 Å². The Morgan fingerprint density at radius 1 is 1.04 bits per heavy atom. The number of benzene rings is 1. The van der Waals surface area contributed by atoms with Gasteiger partial charge in [0.25, 0.3) is 6.43 Å². The van der Waals surface area contributed by atoms with Gasteiger partial charge in [-0.15, -0.1) is 0 Å². The zero-order valence-corrected chi connectivity index (χ0v) is 24.0. The van der Waals surface area contributed by atoms with E-state index in [-0.39, 0.29) is 66.0 Å². The van der Waals surface area contributed by atoms with E-state index in [1.807, 2.05) is 0 Å². The molecule has 16 heteroatoms. The maximum absolute atomic E-state index is 13.7. The van der Waals surface area contributed by atoms with E-state index in [9.17, 15) is 44.7 Å². The summed E-state index contributed by atoms with van der Waals surface area (Å²) in [6, 6.07) is 4.49. The van der Waals surface area contributed by atoms with Gasteiger partial charge in [0, 0.05) is 19.9 Å². The van der Waals surface area contributed by atoms with Crippen LogP contribution >= 0.6 is 0 Å². The molecule has 8 nitrogen and oxygen atoms in total. The van der Waals surface area contributed by atoms with Gasteiger partial charge in [0.1, 0.15) is 0 Å². The number of nitrogens with one attached hydrogen (secondary N) is 3. The summed E-state index contributed by atoms with van der Waals surface area (Å²) in [5.74, 6) is -2.79. The molecule has 0 spiro atoms. The van der Waals surface area contributed by atoms with Crippen LogP contribution in [-0.4, -0.2) is 45.9 Å². The SMILES string of the molecule is CC(=O)NCc1ccc(C(F)(F)F)c(Nc2nc3nc(OCC(F)F)c(C(=O)CCCC4CCC(C(F)(F)F)CC4)cc3[nH]2)c1. The Hall–Kier alpha value is -3.98. The lowest BCUT2D eigenvalue weighted by Gasteiger charge is -2.29. The molecule has 1 aliphatic rings. The lowest BCUT2D eigenvalue weighted by atomic mass is 9.79. The zero-order chi connectivity index (χ0) is 32.9. The van der Waals surface area contributed by atoms with E-state index < -0.39 is 48.5 Å². The molecule has 45 heavy (non-hydrogen) atoms. The van der Waals surface area contributed by atoms with Crippen LogP contribution in [0.1, 0.15) is 73.4 Å². The number of Topliss-reactive ketones (excluding diaryl/α,β-unsaturated/α-hetero) is 1. The molecule has 1 aliphatic carbocycles. The number of imidazole rings is 1. The Kier molecular flexibility index (Phi) is 10.5. The molecule has 1 amide bonds. The molecule has 2 heterocycles. The molecule has 2 aromatic heterocycles. The number of aromatic nitrogens is 3. The molecule has 1 aromatic carbocycles. The first-order valence-corrected chi connectivity index (χ1v) is 14.2. The Labute approximate surface area is 252 Å². The second-order valence-corrected chi connectivity index (χ2v) is 11.0. The van der Waals surface area contributed by atoms with E-state index >= 15 is 0 Å². The first-order valence-electron chi connectivity index (χ1n) is 14.2. The summed E-state index contributed by atoms with van der Waals surface area (Å²) in [5, 5.41) is 5.04. The van der Waals surface area contributed by atoms with Gasteiger partial charge in [-0.25, -0.2) is 8.78 Å².